The van der Waals surface area contributed by atoms with Crippen LogP contribution in [0.25, 0.3) is 5.57 Å². The van der Waals surface area contributed by atoms with Gasteiger partial charge in [0.2, 0.25) is 0 Å². The molecule has 1 nitrogen and oxygen atoms in total. The van der Waals surface area contributed by atoms with Gasteiger partial charge in [0.15, 0.2) is 0 Å². The number of rotatable bonds is 1. The van der Waals surface area contributed by atoms with Crippen LogP contribution in [0.15, 0.2) is 30.3 Å². The van der Waals surface area contributed by atoms with Crippen LogP contribution >= 0.6 is 0 Å². The van der Waals surface area contributed by atoms with Crippen LogP contribution in [-0.4, -0.2) is 5.54 Å². The molecule has 0 saturated heterocycles. The highest BCUT2D eigenvalue weighted by Crippen LogP contribution is 2.34. The molecule has 0 atom stereocenters. The van der Waals surface area contributed by atoms with Crippen molar-refractivity contribution in [3.05, 3.63) is 35.9 Å². The van der Waals surface area contributed by atoms with Crippen LogP contribution in [-0.2, 0) is 0 Å². The molecule has 1 aromatic rings. The van der Waals surface area contributed by atoms with E-state index in [2.05, 4.69) is 56.4 Å². The third-order valence-corrected chi connectivity index (χ3v) is 2.65. The second-order valence-electron chi connectivity index (χ2n) is 4.42. The molecule has 1 heteroatoms. The molecule has 2 rings (SSSR count). The van der Waals surface area contributed by atoms with E-state index >= 15 is 0 Å². The lowest BCUT2D eigenvalue weighted by molar-refractivity contribution is 0.705. The SMILES string of the molecule is CCC1=CC(C)(C)Nc2ccccc21. The Morgan fingerprint density at radius 3 is 2.64 bits per heavy atom. The van der Waals surface area contributed by atoms with Gasteiger partial charge in [-0.3, -0.25) is 0 Å². The average molecular weight is 187 g/mol. The van der Waals surface area contributed by atoms with E-state index in [0.29, 0.717) is 0 Å². The number of para-hydroxylation sites is 1. The van der Waals surface area contributed by atoms with Crippen molar-refractivity contribution in [3.8, 4) is 0 Å². The summed E-state index contributed by atoms with van der Waals surface area (Å²) in [6.07, 6.45) is 3.43. The fourth-order valence-electron chi connectivity index (χ4n) is 2.06. The molecule has 1 aromatic carbocycles. The molecule has 74 valence electrons. The van der Waals surface area contributed by atoms with Gasteiger partial charge in [0, 0.05) is 11.3 Å². The molecular weight excluding hydrogens is 170 g/mol. The number of hydrogen-bond acceptors (Lipinski definition) is 1. The van der Waals surface area contributed by atoms with Gasteiger partial charge in [-0.1, -0.05) is 31.2 Å². The fourth-order valence-corrected chi connectivity index (χ4v) is 2.06. The van der Waals surface area contributed by atoms with Crippen molar-refractivity contribution in [2.24, 2.45) is 0 Å². The first-order chi connectivity index (χ1) is 6.62. The number of fused-ring (bicyclic) bond motifs is 1. The summed E-state index contributed by atoms with van der Waals surface area (Å²) < 4.78 is 0. The Labute approximate surface area is 85.8 Å². The third-order valence-electron chi connectivity index (χ3n) is 2.65. The molecule has 1 aliphatic rings. The summed E-state index contributed by atoms with van der Waals surface area (Å²) in [7, 11) is 0. The van der Waals surface area contributed by atoms with E-state index in [4.69, 9.17) is 0 Å². The van der Waals surface area contributed by atoms with Gasteiger partial charge in [-0.25, -0.2) is 0 Å². The second kappa shape index (κ2) is 3.16. The summed E-state index contributed by atoms with van der Waals surface area (Å²) in [4.78, 5) is 0. The molecule has 0 fully saturated rings. The molecule has 0 radical (unpaired) electrons. The molecule has 1 aliphatic heterocycles. The Kier molecular flexibility index (Phi) is 2.10. The van der Waals surface area contributed by atoms with Gasteiger partial charge in [0.25, 0.3) is 0 Å². The van der Waals surface area contributed by atoms with Gasteiger partial charge in [-0.05, 0) is 31.9 Å². The first-order valence-electron chi connectivity index (χ1n) is 5.22. The number of allylic oxidation sites excluding steroid dienone is 1. The highest BCUT2D eigenvalue weighted by Gasteiger charge is 2.22. The van der Waals surface area contributed by atoms with Gasteiger partial charge in [-0.2, -0.15) is 0 Å². The van der Waals surface area contributed by atoms with Crippen LogP contribution in [0, 0.1) is 0 Å². The van der Waals surface area contributed by atoms with Crippen LogP contribution in [0.4, 0.5) is 5.69 Å². The normalized spacial score (nSPS) is 18.1. The summed E-state index contributed by atoms with van der Waals surface area (Å²) >= 11 is 0. The van der Waals surface area contributed by atoms with Crippen molar-refractivity contribution >= 4 is 11.3 Å². The van der Waals surface area contributed by atoms with Gasteiger partial charge >= 0.3 is 0 Å². The summed E-state index contributed by atoms with van der Waals surface area (Å²) in [5.41, 5.74) is 4.15. The predicted molar refractivity (Wildman–Crippen MR) is 62.4 cm³/mol. The third kappa shape index (κ3) is 1.54. The highest BCUT2D eigenvalue weighted by molar-refractivity contribution is 5.80. The number of nitrogens with one attached hydrogen (secondary N) is 1. The number of anilines is 1. The second-order valence-corrected chi connectivity index (χ2v) is 4.42. The number of hydrogen-bond donors (Lipinski definition) is 1. The molecule has 1 N–H and O–H groups in total. The van der Waals surface area contributed by atoms with Crippen LogP contribution in [0.2, 0.25) is 0 Å². The molecule has 0 bridgehead atoms. The first kappa shape index (κ1) is 9.32. The Hall–Kier alpha value is -1.24. The zero-order valence-corrected chi connectivity index (χ0v) is 9.09. The largest absolute Gasteiger partial charge is 0.376 e. The van der Waals surface area contributed by atoms with Gasteiger partial charge in [0.1, 0.15) is 0 Å². The van der Waals surface area contributed by atoms with E-state index in [-0.39, 0.29) is 5.54 Å². The highest BCUT2D eigenvalue weighted by atomic mass is 15.0. The predicted octanol–water partition coefficient (Wildman–Crippen LogP) is 3.68. The van der Waals surface area contributed by atoms with E-state index in [1.54, 1.807) is 0 Å². The number of benzene rings is 1. The smallest absolute Gasteiger partial charge is 0.0506 e. The lowest BCUT2D eigenvalue weighted by Gasteiger charge is -2.32. The molecular formula is C13H17N. The van der Waals surface area contributed by atoms with Crippen molar-refractivity contribution in [1.29, 1.82) is 0 Å². The van der Waals surface area contributed by atoms with Gasteiger partial charge in [0.05, 0.1) is 5.54 Å². The van der Waals surface area contributed by atoms with Crippen molar-refractivity contribution in [3.63, 3.8) is 0 Å². The van der Waals surface area contributed by atoms with Crippen molar-refractivity contribution in [2.75, 3.05) is 5.32 Å². The molecule has 1 heterocycles. The maximum Gasteiger partial charge on any atom is 0.0506 e. The zero-order valence-electron chi connectivity index (χ0n) is 9.09. The Bertz CT molecular complexity index is 375. The van der Waals surface area contributed by atoms with Crippen LogP contribution < -0.4 is 5.32 Å². The molecule has 0 saturated carbocycles. The minimum atomic E-state index is 0.0830. The summed E-state index contributed by atoms with van der Waals surface area (Å²) in [6, 6.07) is 8.52. The van der Waals surface area contributed by atoms with E-state index in [1.165, 1.54) is 16.8 Å². The standard InChI is InChI=1S/C13H17N/c1-4-10-9-13(2,3)14-12-8-6-5-7-11(10)12/h5-9,14H,4H2,1-3H3. The van der Waals surface area contributed by atoms with Gasteiger partial charge in [-0.15, -0.1) is 0 Å². The molecule has 14 heavy (non-hydrogen) atoms. The van der Waals surface area contributed by atoms with E-state index in [9.17, 15) is 0 Å². The summed E-state index contributed by atoms with van der Waals surface area (Å²) in [5, 5.41) is 3.52. The molecule has 0 aromatic heterocycles. The summed E-state index contributed by atoms with van der Waals surface area (Å²) in [6.45, 7) is 6.63. The molecule has 0 spiro atoms. The van der Waals surface area contributed by atoms with Crippen LogP contribution in [0.1, 0.15) is 32.8 Å². The van der Waals surface area contributed by atoms with Crippen LogP contribution in [0.3, 0.4) is 0 Å². The van der Waals surface area contributed by atoms with E-state index in [0.717, 1.165) is 6.42 Å². The lowest BCUT2D eigenvalue weighted by Crippen LogP contribution is -2.31. The van der Waals surface area contributed by atoms with Crippen molar-refractivity contribution < 1.29 is 0 Å². The maximum atomic E-state index is 3.52. The zero-order chi connectivity index (χ0) is 10.2. The first-order valence-corrected chi connectivity index (χ1v) is 5.22. The minimum absolute atomic E-state index is 0.0830. The summed E-state index contributed by atoms with van der Waals surface area (Å²) in [5.74, 6) is 0. The van der Waals surface area contributed by atoms with Crippen molar-refractivity contribution in [2.45, 2.75) is 32.7 Å². The van der Waals surface area contributed by atoms with E-state index in [1.807, 2.05) is 0 Å². The molecule has 0 aliphatic carbocycles. The molecule has 0 unspecified atom stereocenters. The van der Waals surface area contributed by atoms with Crippen molar-refractivity contribution in [1.82, 2.24) is 0 Å². The topological polar surface area (TPSA) is 12.0 Å². The van der Waals surface area contributed by atoms with E-state index < -0.39 is 0 Å². The van der Waals surface area contributed by atoms with Gasteiger partial charge < -0.3 is 5.32 Å². The van der Waals surface area contributed by atoms with Crippen LogP contribution in [0.5, 0.6) is 0 Å². The lowest BCUT2D eigenvalue weighted by atomic mass is 9.89. The quantitative estimate of drug-likeness (QED) is 0.707. The fraction of sp³-hybridized carbons (Fsp3) is 0.385. The molecule has 0 amide bonds. The minimum Gasteiger partial charge on any atom is -0.376 e. The Morgan fingerprint density at radius 1 is 1.21 bits per heavy atom. The maximum absolute atomic E-state index is 3.52. The Morgan fingerprint density at radius 2 is 1.93 bits per heavy atom. The average Bonchev–Trinajstić information content (AvgIpc) is 2.15. The Balaban J connectivity index is 2.53. The monoisotopic (exact) mass is 187 g/mol.